The van der Waals surface area contributed by atoms with Crippen LogP contribution in [0.3, 0.4) is 0 Å². The average Bonchev–Trinajstić information content (AvgIpc) is 2.81. The molecule has 3 aromatic carbocycles. The van der Waals surface area contributed by atoms with Crippen molar-refractivity contribution in [1.29, 1.82) is 5.41 Å². The molecule has 4 rings (SSSR count). The van der Waals surface area contributed by atoms with Gasteiger partial charge in [0.25, 0.3) is 0 Å². The minimum absolute atomic E-state index is 0.0172. The average molecular weight is 445 g/mol. The summed E-state index contributed by atoms with van der Waals surface area (Å²) >= 11 is 0. The molecule has 172 valence electrons. The van der Waals surface area contributed by atoms with Gasteiger partial charge in [-0.2, -0.15) is 0 Å². The maximum Gasteiger partial charge on any atom is 0.185 e. The Labute approximate surface area is 195 Å². The highest BCUT2D eigenvalue weighted by molar-refractivity contribution is 5.74. The molecule has 0 aliphatic carbocycles. The minimum atomic E-state index is -0.0734. The lowest BCUT2D eigenvalue weighted by atomic mass is 10.0. The molecule has 0 saturated heterocycles. The molecule has 2 unspecified atom stereocenters. The number of hydrogen-bond acceptors (Lipinski definition) is 4. The largest absolute Gasteiger partial charge is 0.490 e. The van der Waals surface area contributed by atoms with Crippen molar-refractivity contribution in [3.63, 3.8) is 0 Å². The van der Waals surface area contributed by atoms with Crippen molar-refractivity contribution < 1.29 is 9.47 Å². The number of benzene rings is 3. The van der Waals surface area contributed by atoms with Crippen LogP contribution >= 0.6 is 0 Å². The van der Waals surface area contributed by atoms with E-state index >= 15 is 0 Å². The number of nitrogens with one attached hydrogen (secondary N) is 2. The van der Waals surface area contributed by atoms with Gasteiger partial charge in [-0.1, -0.05) is 60.2 Å². The molecule has 0 spiro atoms. The van der Waals surface area contributed by atoms with Crippen LogP contribution in [-0.4, -0.2) is 31.3 Å². The molecular formula is C27H32N4O2. The van der Waals surface area contributed by atoms with Gasteiger partial charge in [0, 0.05) is 25.9 Å². The van der Waals surface area contributed by atoms with Crippen LogP contribution in [0.4, 0.5) is 5.69 Å². The van der Waals surface area contributed by atoms with Crippen LogP contribution in [0.25, 0.3) is 0 Å². The fraction of sp³-hybridized carbons (Fsp3) is 0.296. The highest BCUT2D eigenvalue weighted by Gasteiger charge is 2.28. The molecule has 0 bridgehead atoms. The van der Waals surface area contributed by atoms with Crippen molar-refractivity contribution >= 4 is 11.6 Å². The number of aryl methyl sites for hydroxylation is 1. The van der Waals surface area contributed by atoms with Crippen LogP contribution in [0.15, 0.2) is 78.9 Å². The van der Waals surface area contributed by atoms with E-state index in [0.717, 1.165) is 36.7 Å². The van der Waals surface area contributed by atoms with Crippen molar-refractivity contribution in [2.24, 2.45) is 5.73 Å². The van der Waals surface area contributed by atoms with Gasteiger partial charge in [0.05, 0.1) is 12.2 Å². The molecule has 6 heteroatoms. The van der Waals surface area contributed by atoms with E-state index in [1.54, 1.807) is 0 Å². The van der Waals surface area contributed by atoms with Crippen LogP contribution < -0.4 is 25.4 Å². The lowest BCUT2D eigenvalue weighted by molar-refractivity contribution is 0.103. The van der Waals surface area contributed by atoms with Gasteiger partial charge in [-0.15, -0.1) is 0 Å². The van der Waals surface area contributed by atoms with Crippen LogP contribution in [0, 0.1) is 12.3 Å². The Hall–Kier alpha value is -3.67. The summed E-state index contributed by atoms with van der Waals surface area (Å²) in [4.78, 5) is 2.39. The zero-order valence-corrected chi connectivity index (χ0v) is 19.0. The van der Waals surface area contributed by atoms with E-state index in [0.29, 0.717) is 13.0 Å². The maximum atomic E-state index is 7.43. The number of nitrogens with zero attached hydrogens (tertiary/aromatic N) is 1. The first kappa shape index (κ1) is 22.5. The van der Waals surface area contributed by atoms with Crippen molar-refractivity contribution in [3.05, 3.63) is 90.0 Å². The fourth-order valence-corrected chi connectivity index (χ4v) is 4.14. The SMILES string of the molecule is Cc1ccc(CN2CC(CC(CCNC(=N)N)Oc3ccccc3)Oc3ccccc32)cc1. The number of ether oxygens (including phenoxy) is 2. The van der Waals surface area contributed by atoms with Gasteiger partial charge >= 0.3 is 0 Å². The molecule has 0 saturated carbocycles. The maximum absolute atomic E-state index is 7.43. The van der Waals surface area contributed by atoms with Gasteiger partial charge in [-0.3, -0.25) is 5.41 Å². The second-order valence-electron chi connectivity index (χ2n) is 8.49. The molecule has 2 atom stereocenters. The van der Waals surface area contributed by atoms with Crippen molar-refractivity contribution in [1.82, 2.24) is 5.32 Å². The Morgan fingerprint density at radius 2 is 1.82 bits per heavy atom. The highest BCUT2D eigenvalue weighted by Crippen LogP contribution is 2.35. The smallest absolute Gasteiger partial charge is 0.185 e. The molecule has 1 aliphatic rings. The standard InChI is InChI=1S/C27H32N4O2/c1-20-11-13-21(14-12-20)18-31-19-24(33-26-10-6-5-9-25(26)31)17-23(15-16-30-27(28)29)32-22-7-3-2-4-8-22/h2-14,23-24H,15-19H2,1H3,(H4,28,29,30). The molecule has 1 heterocycles. The summed E-state index contributed by atoms with van der Waals surface area (Å²) in [6.45, 7) is 4.29. The normalized spacial score (nSPS) is 15.8. The molecule has 3 aromatic rings. The van der Waals surface area contributed by atoms with Crippen LogP contribution in [0.1, 0.15) is 24.0 Å². The predicted octanol–water partition coefficient (Wildman–Crippen LogP) is 4.47. The highest BCUT2D eigenvalue weighted by atomic mass is 16.5. The Balaban J connectivity index is 1.49. The van der Waals surface area contributed by atoms with E-state index in [2.05, 4.69) is 53.5 Å². The number of fused-ring (bicyclic) bond motifs is 1. The summed E-state index contributed by atoms with van der Waals surface area (Å²) in [5, 5.41) is 10.3. The first-order chi connectivity index (χ1) is 16.1. The molecule has 0 aromatic heterocycles. The number of hydrogen-bond donors (Lipinski definition) is 3. The molecule has 0 amide bonds. The first-order valence-corrected chi connectivity index (χ1v) is 11.4. The van der Waals surface area contributed by atoms with Gasteiger partial charge in [0.2, 0.25) is 0 Å². The van der Waals surface area contributed by atoms with Crippen molar-refractivity contribution in [2.45, 2.75) is 38.5 Å². The Morgan fingerprint density at radius 1 is 1.09 bits per heavy atom. The second-order valence-corrected chi connectivity index (χ2v) is 8.49. The van der Waals surface area contributed by atoms with Gasteiger partial charge in [-0.05, 0) is 36.8 Å². The minimum Gasteiger partial charge on any atom is -0.490 e. The summed E-state index contributed by atoms with van der Waals surface area (Å²) in [6, 6.07) is 26.8. The summed E-state index contributed by atoms with van der Waals surface area (Å²) in [5.74, 6) is 1.71. The zero-order chi connectivity index (χ0) is 23.0. The third-order valence-corrected chi connectivity index (χ3v) is 5.77. The molecule has 0 radical (unpaired) electrons. The Morgan fingerprint density at radius 3 is 2.58 bits per heavy atom. The molecule has 0 fully saturated rings. The van der Waals surface area contributed by atoms with E-state index in [9.17, 15) is 0 Å². The Bertz CT molecular complexity index is 1040. The predicted molar refractivity (Wildman–Crippen MR) is 133 cm³/mol. The van der Waals surface area contributed by atoms with Gasteiger partial charge < -0.3 is 25.4 Å². The molecule has 33 heavy (non-hydrogen) atoms. The van der Waals surface area contributed by atoms with Crippen molar-refractivity contribution in [2.75, 3.05) is 18.0 Å². The lowest BCUT2D eigenvalue weighted by Gasteiger charge is -2.37. The van der Waals surface area contributed by atoms with E-state index < -0.39 is 0 Å². The summed E-state index contributed by atoms with van der Waals surface area (Å²) < 4.78 is 12.7. The van der Waals surface area contributed by atoms with E-state index in [1.165, 1.54) is 11.1 Å². The van der Waals surface area contributed by atoms with Crippen molar-refractivity contribution in [3.8, 4) is 11.5 Å². The summed E-state index contributed by atoms with van der Waals surface area (Å²) in [5.41, 5.74) is 9.13. The van der Waals surface area contributed by atoms with E-state index in [4.69, 9.17) is 20.6 Å². The fourth-order valence-electron chi connectivity index (χ4n) is 4.14. The van der Waals surface area contributed by atoms with E-state index in [-0.39, 0.29) is 18.2 Å². The number of nitrogens with two attached hydrogens (primary N) is 1. The zero-order valence-electron chi connectivity index (χ0n) is 19.0. The third kappa shape index (κ3) is 6.42. The van der Waals surface area contributed by atoms with Gasteiger partial charge in [0.15, 0.2) is 5.96 Å². The molecular weight excluding hydrogens is 412 g/mol. The number of anilines is 1. The summed E-state index contributed by atoms with van der Waals surface area (Å²) in [6.07, 6.45) is 1.35. The lowest BCUT2D eigenvalue weighted by Crippen LogP contribution is -2.43. The second kappa shape index (κ2) is 10.8. The molecule has 4 N–H and O–H groups in total. The number of rotatable bonds is 9. The van der Waals surface area contributed by atoms with Crippen LogP contribution in [0.2, 0.25) is 0 Å². The molecule has 6 nitrogen and oxygen atoms in total. The van der Waals surface area contributed by atoms with Crippen LogP contribution in [-0.2, 0) is 6.54 Å². The Kier molecular flexibility index (Phi) is 7.35. The van der Waals surface area contributed by atoms with E-state index in [1.807, 2.05) is 42.5 Å². The third-order valence-electron chi connectivity index (χ3n) is 5.77. The van der Waals surface area contributed by atoms with Gasteiger partial charge in [-0.25, -0.2) is 0 Å². The van der Waals surface area contributed by atoms with Crippen LogP contribution in [0.5, 0.6) is 11.5 Å². The first-order valence-electron chi connectivity index (χ1n) is 11.4. The monoisotopic (exact) mass is 444 g/mol. The quantitative estimate of drug-likeness (QED) is 0.335. The number of guanidine groups is 1. The van der Waals surface area contributed by atoms with Gasteiger partial charge in [0.1, 0.15) is 23.7 Å². The topological polar surface area (TPSA) is 83.6 Å². The molecule has 1 aliphatic heterocycles. The number of para-hydroxylation sites is 3. The summed E-state index contributed by atoms with van der Waals surface area (Å²) in [7, 11) is 0.